The molecule has 2 N–H and O–H groups in total. The minimum atomic E-state index is -0.868. The molecule has 0 aliphatic heterocycles. The fourth-order valence-electron chi connectivity index (χ4n) is 3.99. The van der Waals surface area contributed by atoms with Crippen LogP contribution in [0.4, 0.5) is 4.79 Å². The average Bonchev–Trinajstić information content (AvgIpc) is 2.80. The van der Waals surface area contributed by atoms with Crippen LogP contribution in [0, 0.1) is 5.92 Å². The van der Waals surface area contributed by atoms with Crippen molar-refractivity contribution >= 4 is 17.9 Å². The van der Waals surface area contributed by atoms with Crippen LogP contribution in [0.1, 0.15) is 91.8 Å². The highest BCUT2D eigenvalue weighted by atomic mass is 16.6. The normalized spacial score (nSPS) is 14.7. The molecule has 0 saturated carbocycles. The Bertz CT molecular complexity index is 860. The summed E-state index contributed by atoms with van der Waals surface area (Å²) in [4.78, 5) is 41.8. The van der Waals surface area contributed by atoms with Crippen molar-refractivity contribution in [3.63, 3.8) is 0 Å². The minimum absolute atomic E-state index is 0.0363. The average molecular weight is 502 g/mol. The maximum absolute atomic E-state index is 14.0. The highest BCUT2D eigenvalue weighted by Gasteiger charge is 2.37. The lowest BCUT2D eigenvalue weighted by Crippen LogP contribution is -2.55. The summed E-state index contributed by atoms with van der Waals surface area (Å²) in [6.07, 6.45) is 4.24. The van der Waals surface area contributed by atoms with Crippen molar-refractivity contribution in [3.05, 3.63) is 48.0 Å². The monoisotopic (exact) mass is 501 g/mol. The first-order chi connectivity index (χ1) is 16.9. The number of hydrogen-bond acceptors (Lipinski definition) is 4. The Kier molecular flexibility index (Phi) is 12.7. The summed E-state index contributed by atoms with van der Waals surface area (Å²) < 4.78 is 5.43. The number of amides is 3. The Labute approximate surface area is 218 Å². The molecule has 202 valence electrons. The van der Waals surface area contributed by atoms with Crippen LogP contribution in [-0.4, -0.2) is 47.0 Å². The van der Waals surface area contributed by atoms with Crippen LogP contribution in [0.15, 0.2) is 36.9 Å². The summed E-state index contributed by atoms with van der Waals surface area (Å²) in [5.74, 6) is -0.781. The fourth-order valence-corrected chi connectivity index (χ4v) is 3.99. The van der Waals surface area contributed by atoms with Crippen LogP contribution >= 0.6 is 0 Å². The number of nitrogens with one attached hydrogen (secondary N) is 2. The summed E-state index contributed by atoms with van der Waals surface area (Å²) in [6, 6.07) is 5.99. The number of carbonyl (C=O) groups is 3. The molecule has 0 heterocycles. The lowest BCUT2D eigenvalue weighted by molar-refractivity contribution is -0.143. The maximum Gasteiger partial charge on any atom is 0.408 e. The first-order valence-electron chi connectivity index (χ1n) is 13.2. The Hall–Kier alpha value is -2.83. The van der Waals surface area contributed by atoms with Crippen molar-refractivity contribution in [2.24, 2.45) is 5.92 Å². The van der Waals surface area contributed by atoms with E-state index in [1.807, 2.05) is 45.0 Å². The van der Waals surface area contributed by atoms with Gasteiger partial charge < -0.3 is 20.3 Å². The molecule has 0 fully saturated rings. The van der Waals surface area contributed by atoms with Crippen LogP contribution in [0.3, 0.4) is 0 Å². The van der Waals surface area contributed by atoms with E-state index in [2.05, 4.69) is 31.1 Å². The molecule has 4 atom stereocenters. The molecule has 36 heavy (non-hydrogen) atoms. The van der Waals surface area contributed by atoms with Crippen molar-refractivity contribution in [2.75, 3.05) is 6.54 Å². The molecular weight excluding hydrogens is 454 g/mol. The number of alkyl carbamates (subject to hydrolysis) is 1. The predicted molar refractivity (Wildman–Crippen MR) is 146 cm³/mol. The molecule has 0 aliphatic carbocycles. The van der Waals surface area contributed by atoms with E-state index in [4.69, 9.17) is 4.74 Å². The van der Waals surface area contributed by atoms with Crippen molar-refractivity contribution in [3.8, 4) is 0 Å². The van der Waals surface area contributed by atoms with Crippen LogP contribution in [-0.2, 0) is 20.7 Å². The van der Waals surface area contributed by atoms with Gasteiger partial charge in [-0.3, -0.25) is 9.59 Å². The second-order valence-electron chi connectivity index (χ2n) is 10.5. The Morgan fingerprint density at radius 2 is 1.67 bits per heavy atom. The van der Waals surface area contributed by atoms with E-state index in [0.29, 0.717) is 12.0 Å². The van der Waals surface area contributed by atoms with E-state index in [9.17, 15) is 14.4 Å². The molecule has 1 aromatic rings. The van der Waals surface area contributed by atoms with Gasteiger partial charge in [0, 0.05) is 12.6 Å². The molecule has 0 bridgehead atoms. The molecule has 1 rings (SSSR count). The van der Waals surface area contributed by atoms with Gasteiger partial charge in [0.05, 0.1) is 0 Å². The second kappa shape index (κ2) is 14.7. The Morgan fingerprint density at radius 1 is 1.06 bits per heavy atom. The highest BCUT2D eigenvalue weighted by Crippen LogP contribution is 2.25. The molecule has 7 heteroatoms. The van der Waals surface area contributed by atoms with Crippen molar-refractivity contribution in [1.29, 1.82) is 0 Å². The zero-order valence-electron chi connectivity index (χ0n) is 23.5. The largest absolute Gasteiger partial charge is 0.444 e. The van der Waals surface area contributed by atoms with Gasteiger partial charge in [0.25, 0.3) is 0 Å². The number of benzene rings is 1. The number of ether oxygens (including phenoxy) is 1. The standard InChI is InChI=1S/C29H47N3O4/c1-10-14-21(6)30-26(33)25(23-17-15-22(13-4)16-18-23)32(19-11-2)27(34)24(20(5)12-3)31-28(35)36-29(7,8)9/h11,15-18,20-21,24-25H,2,10,12-14,19H2,1,3-9H3,(H,30,33)(H,31,35). The quantitative estimate of drug-likeness (QED) is 0.347. The number of nitrogens with zero attached hydrogens (tertiary/aromatic N) is 1. The van der Waals surface area contributed by atoms with Crippen molar-refractivity contribution in [2.45, 2.75) is 105 Å². The molecule has 0 aromatic heterocycles. The molecular formula is C29H47N3O4. The molecule has 7 nitrogen and oxygen atoms in total. The van der Waals surface area contributed by atoms with Crippen molar-refractivity contribution in [1.82, 2.24) is 15.5 Å². The van der Waals surface area contributed by atoms with Gasteiger partial charge in [0.2, 0.25) is 11.8 Å². The summed E-state index contributed by atoms with van der Waals surface area (Å²) in [5, 5.41) is 5.85. The zero-order valence-corrected chi connectivity index (χ0v) is 23.5. The Morgan fingerprint density at radius 3 is 2.14 bits per heavy atom. The van der Waals surface area contributed by atoms with Crippen LogP contribution in [0.2, 0.25) is 0 Å². The van der Waals surface area contributed by atoms with E-state index < -0.39 is 23.8 Å². The van der Waals surface area contributed by atoms with E-state index in [-0.39, 0.29) is 30.3 Å². The van der Waals surface area contributed by atoms with Crippen molar-refractivity contribution < 1.29 is 19.1 Å². The maximum atomic E-state index is 14.0. The van der Waals surface area contributed by atoms with Gasteiger partial charge >= 0.3 is 6.09 Å². The molecule has 1 aromatic carbocycles. The van der Waals surface area contributed by atoms with Crippen LogP contribution < -0.4 is 10.6 Å². The SMILES string of the molecule is C=CCN(C(=O)C(NC(=O)OC(C)(C)C)C(C)CC)C(C(=O)NC(C)CCC)c1ccc(CC)cc1. The highest BCUT2D eigenvalue weighted by molar-refractivity contribution is 5.92. The molecule has 0 radical (unpaired) electrons. The first kappa shape index (κ1) is 31.2. The Balaban J connectivity index is 3.47. The van der Waals surface area contributed by atoms with E-state index in [1.165, 1.54) is 4.90 Å². The van der Waals surface area contributed by atoms with E-state index in [0.717, 1.165) is 24.8 Å². The smallest absolute Gasteiger partial charge is 0.408 e. The number of hydrogen-bond donors (Lipinski definition) is 2. The third-order valence-corrected chi connectivity index (χ3v) is 6.13. The molecule has 0 aliphatic rings. The lowest BCUT2D eigenvalue weighted by Gasteiger charge is -2.36. The molecule has 4 unspecified atom stereocenters. The zero-order chi connectivity index (χ0) is 27.5. The minimum Gasteiger partial charge on any atom is -0.444 e. The molecule has 3 amide bonds. The van der Waals surface area contributed by atoms with Gasteiger partial charge in [-0.15, -0.1) is 6.58 Å². The number of carbonyl (C=O) groups excluding carboxylic acids is 3. The van der Waals surface area contributed by atoms with Gasteiger partial charge in [-0.05, 0) is 57.6 Å². The molecule has 0 saturated heterocycles. The number of aryl methyl sites for hydroxylation is 1. The third kappa shape index (κ3) is 9.67. The van der Waals surface area contributed by atoms with E-state index in [1.54, 1.807) is 26.8 Å². The van der Waals surface area contributed by atoms with Gasteiger partial charge in [0.1, 0.15) is 17.7 Å². The van der Waals surface area contributed by atoms with Crippen LogP contribution in [0.25, 0.3) is 0 Å². The topological polar surface area (TPSA) is 87.7 Å². The second-order valence-corrected chi connectivity index (χ2v) is 10.5. The van der Waals surface area contributed by atoms with Gasteiger partial charge in [0.15, 0.2) is 0 Å². The summed E-state index contributed by atoms with van der Waals surface area (Å²) in [7, 11) is 0. The molecule has 0 spiro atoms. The summed E-state index contributed by atoms with van der Waals surface area (Å²) >= 11 is 0. The van der Waals surface area contributed by atoms with Gasteiger partial charge in [-0.25, -0.2) is 4.79 Å². The van der Waals surface area contributed by atoms with Gasteiger partial charge in [-0.2, -0.15) is 0 Å². The third-order valence-electron chi connectivity index (χ3n) is 6.13. The van der Waals surface area contributed by atoms with Crippen LogP contribution in [0.5, 0.6) is 0 Å². The summed E-state index contributed by atoms with van der Waals surface area (Å²) in [5.41, 5.74) is 1.15. The van der Waals surface area contributed by atoms with Gasteiger partial charge in [-0.1, -0.05) is 70.9 Å². The number of rotatable bonds is 13. The van der Waals surface area contributed by atoms with E-state index >= 15 is 0 Å². The predicted octanol–water partition coefficient (Wildman–Crippen LogP) is 5.55. The first-order valence-corrected chi connectivity index (χ1v) is 13.2. The fraction of sp³-hybridized carbons (Fsp3) is 0.621. The lowest BCUT2D eigenvalue weighted by atomic mass is 9.95. The summed E-state index contributed by atoms with van der Waals surface area (Å²) in [6.45, 7) is 19.3.